The number of anilines is 1. The Kier molecular flexibility index (Phi) is 7.29. The summed E-state index contributed by atoms with van der Waals surface area (Å²) in [5.41, 5.74) is 1.62. The summed E-state index contributed by atoms with van der Waals surface area (Å²) in [5.74, 6) is 0.368. The number of nitrogens with one attached hydrogen (secondary N) is 2. The van der Waals surface area contributed by atoms with Gasteiger partial charge in [0, 0.05) is 30.6 Å². The minimum Gasteiger partial charge on any atom is -0.494 e. The van der Waals surface area contributed by atoms with Crippen LogP contribution in [0.2, 0.25) is 0 Å². The number of amides is 2. The van der Waals surface area contributed by atoms with Gasteiger partial charge < -0.3 is 15.4 Å². The smallest absolute Gasteiger partial charge is 0.286 e. The molecule has 0 saturated heterocycles. The minimum atomic E-state index is -0.308. The highest BCUT2D eigenvalue weighted by Crippen LogP contribution is 2.18. The van der Waals surface area contributed by atoms with Gasteiger partial charge in [0.05, 0.1) is 6.61 Å². The van der Waals surface area contributed by atoms with Gasteiger partial charge in [0.15, 0.2) is 0 Å². The van der Waals surface area contributed by atoms with Crippen molar-refractivity contribution < 1.29 is 14.3 Å². The molecule has 150 valence electrons. The number of rotatable bonds is 9. The first-order chi connectivity index (χ1) is 14.2. The van der Waals surface area contributed by atoms with Gasteiger partial charge in [-0.05, 0) is 25.1 Å². The molecular weight excluding hydrogens is 388 g/mol. The average molecular weight is 410 g/mol. The summed E-state index contributed by atoms with van der Waals surface area (Å²) in [6.45, 7) is 2.89. The number of benzene rings is 2. The second kappa shape index (κ2) is 10.3. The van der Waals surface area contributed by atoms with Crippen molar-refractivity contribution in [2.75, 3.05) is 11.9 Å². The zero-order chi connectivity index (χ0) is 20.5. The lowest BCUT2D eigenvalue weighted by atomic mass is 10.2. The predicted molar refractivity (Wildman–Crippen MR) is 112 cm³/mol. The van der Waals surface area contributed by atoms with E-state index < -0.39 is 0 Å². The summed E-state index contributed by atoms with van der Waals surface area (Å²) in [6, 6.07) is 16.8. The molecule has 0 bridgehead atoms. The second-order valence-electron chi connectivity index (χ2n) is 6.14. The number of carbonyl (C=O) groups is 2. The van der Waals surface area contributed by atoms with Gasteiger partial charge in [-0.25, -0.2) is 0 Å². The normalized spacial score (nSPS) is 10.4. The number of hydrogen-bond donors (Lipinski definition) is 2. The van der Waals surface area contributed by atoms with Gasteiger partial charge in [0.2, 0.25) is 10.9 Å². The Morgan fingerprint density at radius 2 is 1.79 bits per heavy atom. The molecule has 0 unspecified atom stereocenters. The van der Waals surface area contributed by atoms with Crippen LogP contribution in [0.4, 0.5) is 5.69 Å². The van der Waals surface area contributed by atoms with Gasteiger partial charge in [-0.1, -0.05) is 47.7 Å². The van der Waals surface area contributed by atoms with Crippen LogP contribution in [0, 0.1) is 0 Å². The van der Waals surface area contributed by atoms with Crippen LogP contribution in [0.3, 0.4) is 0 Å². The van der Waals surface area contributed by atoms with Crippen molar-refractivity contribution in [1.29, 1.82) is 0 Å². The summed E-state index contributed by atoms with van der Waals surface area (Å²) in [7, 11) is 0. The van der Waals surface area contributed by atoms with Crippen LogP contribution in [-0.4, -0.2) is 28.6 Å². The van der Waals surface area contributed by atoms with E-state index in [1.165, 1.54) is 11.3 Å². The molecule has 0 spiro atoms. The first kappa shape index (κ1) is 20.5. The lowest BCUT2D eigenvalue weighted by Crippen LogP contribution is -2.23. The van der Waals surface area contributed by atoms with E-state index in [0.717, 1.165) is 11.3 Å². The van der Waals surface area contributed by atoms with Gasteiger partial charge in [-0.15, -0.1) is 10.2 Å². The van der Waals surface area contributed by atoms with Crippen molar-refractivity contribution >= 4 is 28.8 Å². The number of aromatic nitrogens is 2. The zero-order valence-electron chi connectivity index (χ0n) is 16.1. The first-order valence-electron chi connectivity index (χ1n) is 9.32. The molecular formula is C21H22N4O3S. The van der Waals surface area contributed by atoms with Crippen LogP contribution >= 0.6 is 11.3 Å². The maximum Gasteiger partial charge on any atom is 0.286 e. The van der Waals surface area contributed by atoms with Crippen LogP contribution in [0.25, 0.3) is 0 Å². The van der Waals surface area contributed by atoms with Crippen molar-refractivity contribution in [3.8, 4) is 5.75 Å². The number of para-hydroxylation sites is 2. The van der Waals surface area contributed by atoms with Crippen LogP contribution in [0.5, 0.6) is 5.75 Å². The summed E-state index contributed by atoms with van der Waals surface area (Å²) >= 11 is 1.19. The third kappa shape index (κ3) is 6.11. The molecule has 0 radical (unpaired) electrons. The number of hydrogen-bond acceptors (Lipinski definition) is 6. The molecule has 2 amide bonds. The first-order valence-corrected chi connectivity index (χ1v) is 10.1. The van der Waals surface area contributed by atoms with E-state index in [1.54, 1.807) is 12.1 Å². The lowest BCUT2D eigenvalue weighted by Gasteiger charge is -2.10. The van der Waals surface area contributed by atoms with Crippen molar-refractivity contribution in [1.82, 2.24) is 15.5 Å². The molecule has 2 aromatic carbocycles. The standard InChI is InChI=1S/C21H22N4O3S/c1-2-28-17-11-7-6-8-15(17)14-22-18(26)12-13-19-24-25-21(29-19)20(27)23-16-9-4-3-5-10-16/h3-11H,2,12-14H2,1H3,(H,22,26)(H,23,27). The van der Waals surface area contributed by atoms with Crippen LogP contribution < -0.4 is 15.4 Å². The number of nitrogens with zero attached hydrogens (tertiary/aromatic N) is 2. The molecule has 8 heteroatoms. The molecule has 0 aliphatic rings. The predicted octanol–water partition coefficient (Wildman–Crippen LogP) is 3.44. The highest BCUT2D eigenvalue weighted by molar-refractivity contribution is 7.13. The van der Waals surface area contributed by atoms with Crippen LogP contribution in [-0.2, 0) is 17.8 Å². The zero-order valence-corrected chi connectivity index (χ0v) is 16.9. The van der Waals surface area contributed by atoms with Crippen molar-refractivity contribution in [3.63, 3.8) is 0 Å². The molecule has 29 heavy (non-hydrogen) atoms. The molecule has 2 N–H and O–H groups in total. The topological polar surface area (TPSA) is 93.2 Å². The fraction of sp³-hybridized carbons (Fsp3) is 0.238. The molecule has 0 atom stereocenters. The Morgan fingerprint density at radius 1 is 1.03 bits per heavy atom. The number of carbonyl (C=O) groups excluding carboxylic acids is 2. The van der Waals surface area contributed by atoms with Gasteiger partial charge in [0.25, 0.3) is 5.91 Å². The van der Waals surface area contributed by atoms with E-state index in [4.69, 9.17) is 4.74 Å². The largest absolute Gasteiger partial charge is 0.494 e. The molecule has 0 saturated carbocycles. The summed E-state index contributed by atoms with van der Waals surface area (Å²) in [4.78, 5) is 24.4. The summed E-state index contributed by atoms with van der Waals surface area (Å²) < 4.78 is 5.56. The van der Waals surface area contributed by atoms with E-state index in [9.17, 15) is 9.59 Å². The molecule has 7 nitrogen and oxygen atoms in total. The second-order valence-corrected chi connectivity index (χ2v) is 7.20. The Bertz CT molecular complexity index is 959. The van der Waals surface area contributed by atoms with E-state index >= 15 is 0 Å². The van der Waals surface area contributed by atoms with Gasteiger partial charge in [-0.2, -0.15) is 0 Å². The Morgan fingerprint density at radius 3 is 2.59 bits per heavy atom. The Hall–Kier alpha value is -3.26. The maximum absolute atomic E-state index is 12.2. The Balaban J connectivity index is 1.47. The molecule has 3 aromatic rings. The molecule has 3 rings (SSSR count). The average Bonchev–Trinajstić information content (AvgIpc) is 3.22. The van der Waals surface area contributed by atoms with Crippen LogP contribution in [0.1, 0.15) is 33.7 Å². The number of aryl methyl sites for hydroxylation is 1. The molecule has 1 aromatic heterocycles. The Labute approximate surface area is 173 Å². The summed E-state index contributed by atoms with van der Waals surface area (Å²) in [5, 5.41) is 14.5. The third-order valence-corrected chi connectivity index (χ3v) is 4.99. The lowest BCUT2D eigenvalue weighted by molar-refractivity contribution is -0.121. The maximum atomic E-state index is 12.2. The van der Waals surface area contributed by atoms with Crippen molar-refractivity contribution in [2.45, 2.75) is 26.3 Å². The quantitative estimate of drug-likeness (QED) is 0.564. The highest BCUT2D eigenvalue weighted by Gasteiger charge is 2.14. The van der Waals surface area contributed by atoms with E-state index in [1.807, 2.05) is 49.4 Å². The fourth-order valence-corrected chi connectivity index (χ4v) is 3.34. The SMILES string of the molecule is CCOc1ccccc1CNC(=O)CCc1nnc(C(=O)Nc2ccccc2)s1. The summed E-state index contributed by atoms with van der Waals surface area (Å²) in [6.07, 6.45) is 0.695. The van der Waals surface area contributed by atoms with Gasteiger partial charge >= 0.3 is 0 Å². The van der Waals surface area contributed by atoms with Gasteiger partial charge in [0.1, 0.15) is 10.8 Å². The van der Waals surface area contributed by atoms with E-state index in [-0.39, 0.29) is 23.2 Å². The molecule has 0 fully saturated rings. The monoisotopic (exact) mass is 410 g/mol. The highest BCUT2D eigenvalue weighted by atomic mass is 32.1. The minimum absolute atomic E-state index is 0.0956. The van der Waals surface area contributed by atoms with E-state index in [0.29, 0.717) is 30.3 Å². The third-order valence-electron chi connectivity index (χ3n) is 4.01. The number of ether oxygens (including phenoxy) is 1. The molecule has 0 aliphatic heterocycles. The molecule has 1 heterocycles. The van der Waals surface area contributed by atoms with E-state index in [2.05, 4.69) is 20.8 Å². The van der Waals surface area contributed by atoms with Crippen molar-refractivity contribution in [3.05, 3.63) is 70.2 Å². The molecule has 0 aliphatic carbocycles. The fourth-order valence-electron chi connectivity index (χ4n) is 2.60. The van der Waals surface area contributed by atoms with Crippen LogP contribution in [0.15, 0.2) is 54.6 Å². The van der Waals surface area contributed by atoms with Crippen molar-refractivity contribution in [2.24, 2.45) is 0 Å². The van der Waals surface area contributed by atoms with Gasteiger partial charge in [-0.3, -0.25) is 9.59 Å².